The van der Waals surface area contributed by atoms with Crippen molar-refractivity contribution in [3.05, 3.63) is 67.6 Å². The van der Waals surface area contributed by atoms with Crippen molar-refractivity contribution in [3.63, 3.8) is 0 Å². The van der Waals surface area contributed by atoms with Crippen molar-refractivity contribution >= 4 is 96.8 Å². The normalized spacial score (nSPS) is 12.4. The number of benzene rings is 2. The van der Waals surface area contributed by atoms with Crippen LogP contribution >= 0.6 is 81.2 Å². The molecule has 152 valence electrons. The highest BCUT2D eigenvalue weighted by molar-refractivity contribution is 7.92. The van der Waals surface area contributed by atoms with Gasteiger partial charge in [-0.3, -0.25) is 4.79 Å². The van der Waals surface area contributed by atoms with Crippen LogP contribution in [0, 0.1) is 0 Å². The molecule has 2 aromatic carbocycles. The lowest BCUT2D eigenvalue weighted by Crippen LogP contribution is -2.25. The van der Waals surface area contributed by atoms with Crippen molar-refractivity contribution in [1.29, 1.82) is 0 Å². The summed E-state index contributed by atoms with van der Waals surface area (Å²) in [7, 11) is -4.09. The maximum absolute atomic E-state index is 13.1. The predicted molar refractivity (Wildman–Crippen MR) is 118 cm³/mol. The van der Waals surface area contributed by atoms with Gasteiger partial charge in [-0.05, 0) is 35.4 Å². The van der Waals surface area contributed by atoms with E-state index in [9.17, 15) is 13.2 Å². The molecule has 3 nitrogen and oxygen atoms in total. The van der Waals surface area contributed by atoms with E-state index < -0.39 is 36.8 Å². The zero-order chi connectivity index (χ0) is 21.3. The minimum atomic E-state index is -4.09. The summed E-state index contributed by atoms with van der Waals surface area (Å²) in [5.74, 6) is -1.59. The van der Waals surface area contributed by atoms with Crippen LogP contribution in [-0.4, -0.2) is 23.7 Å². The Labute approximate surface area is 197 Å². The van der Waals surface area contributed by atoms with Gasteiger partial charge in [-0.15, -0.1) is 0 Å². The maximum Gasteiger partial charge on any atom is 0.197 e. The first-order valence-electron chi connectivity index (χ1n) is 7.50. The third kappa shape index (κ3) is 6.55. The van der Waals surface area contributed by atoms with Crippen LogP contribution in [0.15, 0.2) is 36.4 Å². The molecule has 2 rings (SSSR count). The number of alkyl halides is 3. The number of rotatable bonds is 6. The summed E-state index contributed by atoms with van der Waals surface area (Å²) in [6, 6.07) is 8.74. The number of Topliss-reactive ketones (excluding diaryl/α,β-unsaturated/α-hetero) is 1. The van der Waals surface area contributed by atoms with Gasteiger partial charge in [-0.25, -0.2) is 8.42 Å². The Balaban J connectivity index is 2.55. The van der Waals surface area contributed by atoms with Crippen molar-refractivity contribution in [1.82, 2.24) is 0 Å². The molecule has 0 N–H and O–H groups in total. The average Bonchev–Trinajstić information content (AvgIpc) is 2.51. The van der Waals surface area contributed by atoms with Crippen LogP contribution in [0.1, 0.15) is 22.8 Å². The van der Waals surface area contributed by atoms with Gasteiger partial charge in [0.1, 0.15) is 11.0 Å². The topological polar surface area (TPSA) is 51.2 Å². The Morgan fingerprint density at radius 1 is 0.821 bits per heavy atom. The Morgan fingerprint density at radius 3 is 1.61 bits per heavy atom. The van der Waals surface area contributed by atoms with Gasteiger partial charge >= 0.3 is 0 Å². The van der Waals surface area contributed by atoms with Crippen molar-refractivity contribution in [2.24, 2.45) is 0 Å². The first-order chi connectivity index (χ1) is 12.8. The molecule has 0 bridgehead atoms. The fourth-order valence-electron chi connectivity index (χ4n) is 2.54. The molecule has 0 aliphatic carbocycles. The SMILES string of the molecule is O=C(CC(Cl)(Cl)Cl)CS(=O)(=O)C(c1ccc(Cl)c(Cl)c1)c1ccc(Cl)c(Cl)c1. The van der Waals surface area contributed by atoms with Gasteiger partial charge in [0, 0.05) is 0 Å². The van der Waals surface area contributed by atoms with Crippen LogP contribution in [-0.2, 0) is 14.6 Å². The smallest absolute Gasteiger partial charge is 0.197 e. The lowest BCUT2D eigenvalue weighted by atomic mass is 10.0. The van der Waals surface area contributed by atoms with Crippen molar-refractivity contribution in [2.75, 3.05) is 5.75 Å². The lowest BCUT2D eigenvalue weighted by Gasteiger charge is -2.20. The average molecular weight is 544 g/mol. The van der Waals surface area contributed by atoms with Crippen LogP contribution < -0.4 is 0 Å². The van der Waals surface area contributed by atoms with E-state index in [1.54, 1.807) is 0 Å². The molecule has 0 aliphatic rings. The molecule has 0 saturated carbocycles. The van der Waals surface area contributed by atoms with E-state index in [1.807, 2.05) is 0 Å². The quantitative estimate of drug-likeness (QED) is 0.364. The third-order valence-corrected chi connectivity index (χ3v) is 7.48. The fraction of sp³-hybridized carbons (Fsp3) is 0.235. The van der Waals surface area contributed by atoms with Gasteiger partial charge in [0.2, 0.25) is 0 Å². The first kappa shape index (κ1) is 24.4. The van der Waals surface area contributed by atoms with Crippen LogP contribution in [0.3, 0.4) is 0 Å². The van der Waals surface area contributed by atoms with Gasteiger partial charge in [0.05, 0.1) is 26.5 Å². The first-order valence-corrected chi connectivity index (χ1v) is 11.9. The Kier molecular flexibility index (Phi) is 8.25. The summed E-state index contributed by atoms with van der Waals surface area (Å²) in [5, 5.41) is -0.429. The van der Waals surface area contributed by atoms with Crippen molar-refractivity contribution in [3.8, 4) is 0 Å². The second-order valence-electron chi connectivity index (χ2n) is 5.86. The third-order valence-electron chi connectivity index (χ3n) is 3.61. The zero-order valence-electron chi connectivity index (χ0n) is 13.7. The van der Waals surface area contributed by atoms with Crippen LogP contribution in [0.25, 0.3) is 0 Å². The molecular weight excluding hydrogens is 532 g/mol. The van der Waals surface area contributed by atoms with Gasteiger partial charge in [-0.2, -0.15) is 0 Å². The van der Waals surface area contributed by atoms with Gasteiger partial charge < -0.3 is 0 Å². The molecule has 28 heavy (non-hydrogen) atoms. The van der Waals surface area contributed by atoms with Crippen LogP contribution in [0.5, 0.6) is 0 Å². The number of carbonyl (C=O) groups excluding carboxylic acids is 1. The van der Waals surface area contributed by atoms with Crippen molar-refractivity contribution in [2.45, 2.75) is 15.5 Å². The summed E-state index contributed by atoms with van der Waals surface area (Å²) >= 11 is 40.8. The highest BCUT2D eigenvalue weighted by atomic mass is 35.6. The lowest BCUT2D eigenvalue weighted by molar-refractivity contribution is -0.116. The second kappa shape index (κ2) is 9.49. The van der Waals surface area contributed by atoms with Gasteiger partial charge in [0.25, 0.3) is 0 Å². The Bertz CT molecular complexity index is 949. The predicted octanol–water partition coefficient (Wildman–Crippen LogP) is 7.13. The fourth-order valence-corrected chi connectivity index (χ4v) is 5.44. The summed E-state index contributed by atoms with van der Waals surface area (Å²) in [6.07, 6.45) is -0.549. The van der Waals surface area contributed by atoms with E-state index in [-0.39, 0.29) is 20.1 Å². The summed E-state index contributed by atoms with van der Waals surface area (Å²) < 4.78 is 24.3. The van der Waals surface area contributed by atoms with Crippen LogP contribution in [0.4, 0.5) is 0 Å². The summed E-state index contributed by atoms with van der Waals surface area (Å²) in [4.78, 5) is 12.2. The Hall–Kier alpha value is 0.0900. The highest BCUT2D eigenvalue weighted by Crippen LogP contribution is 2.37. The van der Waals surface area contributed by atoms with Gasteiger partial charge in [-0.1, -0.05) is 93.3 Å². The number of hydrogen-bond acceptors (Lipinski definition) is 3. The molecule has 0 aromatic heterocycles. The molecule has 0 radical (unpaired) electrons. The molecule has 2 aromatic rings. The standard InChI is InChI=1S/C17H11Cl7O3S/c18-12-3-1-9(5-14(12)20)16(10-2-4-13(19)15(21)6-10)28(26,27)8-11(25)7-17(22,23)24/h1-6,16H,7-8H2. The monoisotopic (exact) mass is 540 g/mol. The van der Waals surface area contributed by atoms with E-state index >= 15 is 0 Å². The number of carbonyl (C=O) groups is 1. The molecule has 0 atom stereocenters. The largest absolute Gasteiger partial charge is 0.298 e. The molecule has 0 fully saturated rings. The zero-order valence-corrected chi connectivity index (χ0v) is 19.8. The number of hydrogen-bond donors (Lipinski definition) is 0. The van der Waals surface area contributed by atoms with E-state index in [0.717, 1.165) is 0 Å². The maximum atomic E-state index is 13.1. The van der Waals surface area contributed by atoms with Crippen LogP contribution in [0.2, 0.25) is 20.1 Å². The summed E-state index contributed by atoms with van der Waals surface area (Å²) in [6.45, 7) is 0. The molecule has 0 saturated heterocycles. The molecule has 0 unspecified atom stereocenters. The molecular formula is C17H11Cl7O3S. The minimum absolute atomic E-state index is 0.159. The van der Waals surface area contributed by atoms with Gasteiger partial charge in [0.15, 0.2) is 19.4 Å². The summed E-state index contributed by atoms with van der Waals surface area (Å²) in [5.41, 5.74) is 0.601. The molecule has 11 heteroatoms. The number of ketones is 1. The van der Waals surface area contributed by atoms with E-state index in [0.29, 0.717) is 11.1 Å². The number of halogens is 7. The molecule has 0 amide bonds. The molecule has 0 aliphatic heterocycles. The second-order valence-corrected chi connectivity index (χ2v) is 12.1. The Morgan fingerprint density at radius 2 is 1.25 bits per heavy atom. The van der Waals surface area contributed by atoms with E-state index in [2.05, 4.69) is 0 Å². The number of sulfone groups is 1. The highest BCUT2D eigenvalue weighted by Gasteiger charge is 2.34. The van der Waals surface area contributed by atoms with Crippen molar-refractivity contribution < 1.29 is 13.2 Å². The van der Waals surface area contributed by atoms with E-state index in [1.165, 1.54) is 36.4 Å². The minimum Gasteiger partial charge on any atom is -0.298 e. The molecule has 0 heterocycles. The molecule has 0 spiro atoms. The van der Waals surface area contributed by atoms with E-state index in [4.69, 9.17) is 81.2 Å².